The van der Waals surface area contributed by atoms with Gasteiger partial charge in [0, 0.05) is 5.56 Å². The molecule has 0 bridgehead atoms. The summed E-state index contributed by atoms with van der Waals surface area (Å²) in [5, 5.41) is 2.76. The Bertz CT molecular complexity index is 952. The SMILES string of the molecule is COc1ccc(CC[C@]2(C)NC(=O)N(CC(=O)c3ccc(C)cc3C)C2=O)cc1. The maximum absolute atomic E-state index is 12.9. The van der Waals surface area contributed by atoms with Gasteiger partial charge in [-0.05, 0) is 56.9 Å². The molecule has 2 aromatic carbocycles. The van der Waals surface area contributed by atoms with Crippen molar-refractivity contribution in [3.63, 3.8) is 0 Å². The minimum absolute atomic E-state index is 0.245. The number of nitrogens with zero attached hydrogens (tertiary/aromatic N) is 1. The Morgan fingerprint density at radius 3 is 2.41 bits per heavy atom. The topological polar surface area (TPSA) is 75.7 Å². The van der Waals surface area contributed by atoms with E-state index >= 15 is 0 Å². The molecular formula is C23H26N2O4. The zero-order chi connectivity index (χ0) is 21.2. The second kappa shape index (κ2) is 8.07. The van der Waals surface area contributed by atoms with Gasteiger partial charge in [-0.1, -0.05) is 35.9 Å². The molecule has 0 unspecified atom stereocenters. The Labute approximate surface area is 170 Å². The minimum atomic E-state index is -1.03. The summed E-state index contributed by atoms with van der Waals surface area (Å²) in [5.74, 6) is 0.154. The van der Waals surface area contributed by atoms with Gasteiger partial charge in [0.1, 0.15) is 11.3 Å². The Morgan fingerprint density at radius 1 is 1.10 bits per heavy atom. The monoisotopic (exact) mass is 394 g/mol. The van der Waals surface area contributed by atoms with Crippen molar-refractivity contribution in [2.24, 2.45) is 0 Å². The molecule has 6 heteroatoms. The molecule has 1 fully saturated rings. The van der Waals surface area contributed by atoms with Crippen LogP contribution in [-0.4, -0.2) is 41.8 Å². The summed E-state index contributed by atoms with van der Waals surface area (Å²) in [6.07, 6.45) is 1.06. The molecule has 0 saturated carbocycles. The predicted molar refractivity (Wildman–Crippen MR) is 110 cm³/mol. The number of rotatable bonds is 7. The van der Waals surface area contributed by atoms with E-state index in [0.717, 1.165) is 27.3 Å². The summed E-state index contributed by atoms with van der Waals surface area (Å²) in [5.41, 5.74) is 2.44. The van der Waals surface area contributed by atoms with Gasteiger partial charge < -0.3 is 10.1 Å². The number of carbonyl (C=O) groups excluding carboxylic acids is 3. The Balaban J connectivity index is 1.68. The van der Waals surface area contributed by atoms with Crippen LogP contribution in [0.15, 0.2) is 42.5 Å². The number of Topliss-reactive ketones (excluding diaryl/α,β-unsaturated/α-hetero) is 1. The number of hydrogen-bond acceptors (Lipinski definition) is 4. The van der Waals surface area contributed by atoms with Crippen molar-refractivity contribution >= 4 is 17.7 Å². The zero-order valence-corrected chi connectivity index (χ0v) is 17.2. The van der Waals surface area contributed by atoms with E-state index < -0.39 is 11.6 Å². The first-order valence-corrected chi connectivity index (χ1v) is 9.61. The van der Waals surface area contributed by atoms with Crippen molar-refractivity contribution in [3.05, 3.63) is 64.7 Å². The van der Waals surface area contributed by atoms with Crippen molar-refractivity contribution in [2.45, 2.75) is 39.2 Å². The van der Waals surface area contributed by atoms with E-state index in [2.05, 4.69) is 5.32 Å². The largest absolute Gasteiger partial charge is 0.497 e. The first kappa shape index (κ1) is 20.6. The van der Waals surface area contributed by atoms with Crippen LogP contribution in [0, 0.1) is 13.8 Å². The van der Waals surface area contributed by atoms with Gasteiger partial charge in [0.15, 0.2) is 5.78 Å². The molecule has 0 radical (unpaired) electrons. The van der Waals surface area contributed by atoms with Gasteiger partial charge in [-0.2, -0.15) is 0 Å². The van der Waals surface area contributed by atoms with Crippen molar-refractivity contribution in [2.75, 3.05) is 13.7 Å². The average Bonchev–Trinajstić information content (AvgIpc) is 2.90. The van der Waals surface area contributed by atoms with Gasteiger partial charge >= 0.3 is 6.03 Å². The number of urea groups is 1. The molecule has 1 aliphatic rings. The van der Waals surface area contributed by atoms with Crippen molar-refractivity contribution in [1.82, 2.24) is 10.2 Å². The number of hydrogen-bond donors (Lipinski definition) is 1. The molecule has 6 nitrogen and oxygen atoms in total. The summed E-state index contributed by atoms with van der Waals surface area (Å²) in [7, 11) is 1.61. The molecule has 0 aromatic heterocycles. The molecule has 29 heavy (non-hydrogen) atoms. The van der Waals surface area contributed by atoms with E-state index in [1.165, 1.54) is 0 Å². The van der Waals surface area contributed by atoms with Crippen LogP contribution in [0.2, 0.25) is 0 Å². The molecule has 0 spiro atoms. The fraction of sp³-hybridized carbons (Fsp3) is 0.348. The van der Waals surface area contributed by atoms with Crippen LogP contribution in [-0.2, 0) is 11.2 Å². The Hall–Kier alpha value is -3.15. The van der Waals surface area contributed by atoms with Gasteiger partial charge in [-0.3, -0.25) is 14.5 Å². The van der Waals surface area contributed by atoms with Crippen LogP contribution in [0.4, 0.5) is 4.79 Å². The van der Waals surface area contributed by atoms with Crippen molar-refractivity contribution in [1.29, 1.82) is 0 Å². The third-order valence-electron chi connectivity index (χ3n) is 5.40. The number of nitrogens with one attached hydrogen (secondary N) is 1. The highest BCUT2D eigenvalue weighted by molar-refractivity contribution is 6.11. The van der Waals surface area contributed by atoms with E-state index in [1.54, 1.807) is 20.1 Å². The molecule has 1 atom stereocenters. The molecule has 1 aliphatic heterocycles. The predicted octanol–water partition coefficient (Wildman–Crippen LogP) is 3.44. The number of benzene rings is 2. The lowest BCUT2D eigenvalue weighted by Crippen LogP contribution is -2.44. The van der Waals surface area contributed by atoms with E-state index in [9.17, 15) is 14.4 Å². The number of amides is 3. The first-order valence-electron chi connectivity index (χ1n) is 9.61. The normalized spacial score (nSPS) is 18.7. The van der Waals surface area contributed by atoms with Crippen LogP contribution >= 0.6 is 0 Å². The van der Waals surface area contributed by atoms with Crippen LogP contribution in [0.3, 0.4) is 0 Å². The number of imide groups is 1. The van der Waals surface area contributed by atoms with E-state index in [1.807, 2.05) is 50.2 Å². The molecule has 3 rings (SSSR count). The molecule has 3 amide bonds. The molecule has 1 N–H and O–H groups in total. The number of methoxy groups -OCH3 is 1. The summed E-state index contributed by atoms with van der Waals surface area (Å²) < 4.78 is 5.15. The fourth-order valence-electron chi connectivity index (χ4n) is 3.60. The highest BCUT2D eigenvalue weighted by Gasteiger charge is 2.47. The highest BCUT2D eigenvalue weighted by Crippen LogP contribution is 2.24. The molecule has 1 saturated heterocycles. The number of carbonyl (C=O) groups is 3. The van der Waals surface area contributed by atoms with Crippen molar-refractivity contribution in [3.8, 4) is 5.75 Å². The standard InChI is InChI=1S/C23H26N2O4/c1-15-5-10-19(16(2)13-15)20(26)14-25-21(27)23(3,24-22(25)28)12-11-17-6-8-18(29-4)9-7-17/h5-10,13H,11-12,14H2,1-4H3,(H,24,28)/t23-/m0/s1. The molecule has 2 aromatic rings. The number of ether oxygens (including phenoxy) is 1. The summed E-state index contributed by atoms with van der Waals surface area (Å²) in [6, 6.07) is 12.6. The quantitative estimate of drug-likeness (QED) is 0.577. The second-order valence-corrected chi connectivity index (χ2v) is 7.74. The highest BCUT2D eigenvalue weighted by atomic mass is 16.5. The van der Waals surface area contributed by atoms with Crippen LogP contribution in [0.25, 0.3) is 0 Å². The molecule has 152 valence electrons. The average molecular weight is 394 g/mol. The summed E-state index contributed by atoms with van der Waals surface area (Å²) in [4.78, 5) is 39.1. The van der Waals surface area contributed by atoms with Gasteiger partial charge in [-0.15, -0.1) is 0 Å². The molecular weight excluding hydrogens is 368 g/mol. The maximum Gasteiger partial charge on any atom is 0.325 e. The van der Waals surface area contributed by atoms with Gasteiger partial charge in [-0.25, -0.2) is 4.79 Å². The van der Waals surface area contributed by atoms with Gasteiger partial charge in [0.2, 0.25) is 0 Å². The summed E-state index contributed by atoms with van der Waals surface area (Å²) in [6.45, 7) is 5.25. The molecule has 0 aliphatic carbocycles. The smallest absolute Gasteiger partial charge is 0.325 e. The van der Waals surface area contributed by atoms with Crippen LogP contribution in [0.1, 0.15) is 40.4 Å². The van der Waals surface area contributed by atoms with E-state index in [4.69, 9.17) is 4.74 Å². The Morgan fingerprint density at radius 2 is 1.79 bits per heavy atom. The third-order valence-corrected chi connectivity index (χ3v) is 5.40. The first-order chi connectivity index (χ1) is 13.7. The maximum atomic E-state index is 12.9. The van der Waals surface area contributed by atoms with Crippen molar-refractivity contribution < 1.29 is 19.1 Å². The number of ketones is 1. The summed E-state index contributed by atoms with van der Waals surface area (Å²) >= 11 is 0. The fourth-order valence-corrected chi connectivity index (χ4v) is 3.60. The molecule has 1 heterocycles. The van der Waals surface area contributed by atoms with Gasteiger partial charge in [0.25, 0.3) is 5.91 Å². The second-order valence-electron chi connectivity index (χ2n) is 7.74. The van der Waals surface area contributed by atoms with Gasteiger partial charge in [0.05, 0.1) is 13.7 Å². The number of aryl methyl sites for hydroxylation is 3. The zero-order valence-electron chi connectivity index (χ0n) is 17.2. The van der Waals surface area contributed by atoms with E-state index in [0.29, 0.717) is 18.4 Å². The van der Waals surface area contributed by atoms with E-state index in [-0.39, 0.29) is 18.2 Å². The Kier molecular flexibility index (Phi) is 5.73. The lowest BCUT2D eigenvalue weighted by molar-refractivity contribution is -0.130. The van der Waals surface area contributed by atoms with Crippen LogP contribution < -0.4 is 10.1 Å². The lowest BCUT2D eigenvalue weighted by atomic mass is 9.93. The third kappa shape index (κ3) is 4.31. The lowest BCUT2D eigenvalue weighted by Gasteiger charge is -2.21. The minimum Gasteiger partial charge on any atom is -0.497 e. The van der Waals surface area contributed by atoms with Crippen LogP contribution in [0.5, 0.6) is 5.75 Å².